The van der Waals surface area contributed by atoms with Gasteiger partial charge < -0.3 is 25.3 Å². The first-order valence-corrected chi connectivity index (χ1v) is 9.87. The van der Waals surface area contributed by atoms with Crippen molar-refractivity contribution in [3.8, 4) is 5.88 Å². The van der Waals surface area contributed by atoms with Crippen LogP contribution < -0.4 is 15.8 Å². The van der Waals surface area contributed by atoms with Gasteiger partial charge in [0.1, 0.15) is 22.1 Å². The van der Waals surface area contributed by atoms with Gasteiger partial charge in [0.25, 0.3) is 11.9 Å². The molecule has 4 rings (SSSR count). The number of thiazole rings is 1. The highest BCUT2D eigenvalue weighted by Crippen LogP contribution is 2.43. The highest BCUT2D eigenvalue weighted by molar-refractivity contribution is 7.10. The molecule has 2 atom stereocenters. The number of hydrogen-bond donors (Lipinski definition) is 2. The van der Waals surface area contributed by atoms with Gasteiger partial charge in [0.2, 0.25) is 5.88 Å². The van der Waals surface area contributed by atoms with Gasteiger partial charge in [0, 0.05) is 17.9 Å². The molecule has 2 unspecified atom stereocenters. The average molecular weight is 440 g/mol. The van der Waals surface area contributed by atoms with Crippen LogP contribution in [0.5, 0.6) is 5.88 Å². The molecule has 2 aliphatic heterocycles. The quantitative estimate of drug-likeness (QED) is 0.717. The summed E-state index contributed by atoms with van der Waals surface area (Å²) in [5.41, 5.74) is 5.15. The molecule has 0 aromatic carbocycles. The number of fused-ring (bicyclic) bond motifs is 1. The Balaban J connectivity index is 1.53. The second-order valence-electron chi connectivity index (χ2n) is 6.74. The van der Waals surface area contributed by atoms with E-state index in [1.807, 2.05) is 0 Å². The summed E-state index contributed by atoms with van der Waals surface area (Å²) in [6, 6.07) is 0.0783. The van der Waals surface area contributed by atoms with Crippen LogP contribution in [0.3, 0.4) is 0 Å². The summed E-state index contributed by atoms with van der Waals surface area (Å²) in [6.45, 7) is -0.222. The standard InChI is InChI=1S/C17H18F2N6O4S/c1-8-12(21-4-11(22-8)29-15(18)19)13(26)23-10-6-30-14(24-10)17-7-27-3-2-9(17)5-28-16(20)25-17/h4,6,9,15H,2-3,5,7H2,1H3,(H2,20,25)(H,23,26). The van der Waals surface area contributed by atoms with Crippen molar-refractivity contribution in [2.24, 2.45) is 16.6 Å². The van der Waals surface area contributed by atoms with E-state index in [4.69, 9.17) is 15.2 Å². The smallest absolute Gasteiger partial charge is 0.388 e. The van der Waals surface area contributed by atoms with E-state index in [2.05, 4.69) is 30.0 Å². The molecule has 13 heteroatoms. The summed E-state index contributed by atoms with van der Waals surface area (Å²) < 4.78 is 39.8. The van der Waals surface area contributed by atoms with Crippen LogP contribution in [0.25, 0.3) is 0 Å². The van der Waals surface area contributed by atoms with Crippen LogP contribution in [0.1, 0.15) is 27.6 Å². The second-order valence-corrected chi connectivity index (χ2v) is 7.59. The number of nitrogens with zero attached hydrogens (tertiary/aromatic N) is 4. The predicted molar refractivity (Wildman–Crippen MR) is 102 cm³/mol. The highest BCUT2D eigenvalue weighted by Gasteiger charge is 2.48. The van der Waals surface area contributed by atoms with Crippen molar-refractivity contribution in [1.82, 2.24) is 15.0 Å². The Bertz CT molecular complexity index is 987. The SMILES string of the molecule is Cc1nc(OC(F)F)cnc1C(=O)Nc1csc(C23COCCC2COC(N)=N3)n1. The van der Waals surface area contributed by atoms with Crippen LogP contribution in [0, 0.1) is 12.8 Å². The molecule has 0 spiro atoms. The maximum absolute atomic E-state index is 12.6. The number of halogens is 2. The lowest BCUT2D eigenvalue weighted by atomic mass is 9.81. The number of nitrogens with two attached hydrogens (primary N) is 1. The lowest BCUT2D eigenvalue weighted by Crippen LogP contribution is -2.49. The molecule has 0 saturated carbocycles. The molecule has 10 nitrogen and oxygen atoms in total. The molecule has 1 saturated heterocycles. The predicted octanol–water partition coefficient (Wildman–Crippen LogP) is 1.67. The van der Waals surface area contributed by atoms with E-state index < -0.39 is 18.1 Å². The summed E-state index contributed by atoms with van der Waals surface area (Å²) >= 11 is 1.32. The van der Waals surface area contributed by atoms with Gasteiger partial charge in [-0.05, 0) is 13.3 Å². The Morgan fingerprint density at radius 3 is 3.07 bits per heavy atom. The first kappa shape index (κ1) is 20.3. The van der Waals surface area contributed by atoms with Crippen molar-refractivity contribution in [2.75, 3.05) is 25.1 Å². The van der Waals surface area contributed by atoms with E-state index >= 15 is 0 Å². The molecule has 2 aliphatic rings. The van der Waals surface area contributed by atoms with Gasteiger partial charge in [0.15, 0.2) is 0 Å². The summed E-state index contributed by atoms with van der Waals surface area (Å²) in [5, 5.41) is 4.96. The van der Waals surface area contributed by atoms with Crippen LogP contribution in [0.2, 0.25) is 0 Å². The van der Waals surface area contributed by atoms with Crippen molar-refractivity contribution in [3.05, 3.63) is 28.0 Å². The van der Waals surface area contributed by atoms with Gasteiger partial charge in [-0.3, -0.25) is 4.79 Å². The zero-order chi connectivity index (χ0) is 21.3. The summed E-state index contributed by atoms with van der Waals surface area (Å²) in [7, 11) is 0. The first-order chi connectivity index (χ1) is 14.4. The number of amides is 1. The van der Waals surface area contributed by atoms with Crippen molar-refractivity contribution >= 4 is 29.1 Å². The summed E-state index contributed by atoms with van der Waals surface area (Å²) in [4.78, 5) is 29.2. The van der Waals surface area contributed by atoms with Gasteiger partial charge in [-0.2, -0.15) is 8.78 Å². The van der Waals surface area contributed by atoms with Gasteiger partial charge >= 0.3 is 6.61 Å². The number of carbonyl (C=O) groups excluding carboxylic acids is 1. The van der Waals surface area contributed by atoms with E-state index in [-0.39, 0.29) is 29.2 Å². The first-order valence-electron chi connectivity index (χ1n) is 8.99. The Morgan fingerprint density at radius 2 is 2.30 bits per heavy atom. The van der Waals surface area contributed by atoms with Crippen LogP contribution in [0.15, 0.2) is 16.6 Å². The average Bonchev–Trinajstić information content (AvgIpc) is 3.16. The third-order valence-corrected chi connectivity index (χ3v) is 5.83. The maximum Gasteiger partial charge on any atom is 0.388 e. The van der Waals surface area contributed by atoms with Gasteiger partial charge in [-0.25, -0.2) is 19.9 Å². The molecule has 160 valence electrons. The molecule has 1 amide bonds. The number of aromatic nitrogens is 3. The minimum atomic E-state index is -3.03. The number of anilines is 1. The fraction of sp³-hybridized carbons (Fsp3) is 0.471. The fourth-order valence-electron chi connectivity index (χ4n) is 3.39. The zero-order valence-electron chi connectivity index (χ0n) is 15.8. The number of rotatable bonds is 5. The van der Waals surface area contributed by atoms with Gasteiger partial charge in [-0.1, -0.05) is 0 Å². The third kappa shape index (κ3) is 3.89. The number of nitrogens with one attached hydrogen (secondary N) is 1. The third-order valence-electron chi connectivity index (χ3n) is 4.82. The van der Waals surface area contributed by atoms with Crippen molar-refractivity contribution in [3.63, 3.8) is 0 Å². The van der Waals surface area contributed by atoms with Crippen molar-refractivity contribution in [2.45, 2.75) is 25.5 Å². The molecular formula is C17H18F2N6O4S. The topological polar surface area (TPSA) is 134 Å². The number of aryl methyl sites for hydroxylation is 1. The number of alkyl halides is 2. The monoisotopic (exact) mass is 440 g/mol. The number of carbonyl (C=O) groups is 1. The largest absolute Gasteiger partial charge is 0.465 e. The maximum atomic E-state index is 12.6. The van der Waals surface area contributed by atoms with E-state index in [0.29, 0.717) is 30.6 Å². The highest BCUT2D eigenvalue weighted by atomic mass is 32.1. The number of ether oxygens (including phenoxy) is 3. The van der Waals surface area contributed by atoms with Gasteiger partial charge in [0.05, 0.1) is 25.1 Å². The molecule has 4 heterocycles. The van der Waals surface area contributed by atoms with Crippen LogP contribution in [0.4, 0.5) is 14.6 Å². The minimum absolute atomic E-state index is 0.0310. The molecule has 1 fully saturated rings. The Labute approximate surface area is 173 Å². The van der Waals surface area contributed by atoms with E-state index in [1.54, 1.807) is 5.38 Å². The van der Waals surface area contributed by atoms with E-state index in [1.165, 1.54) is 18.3 Å². The summed E-state index contributed by atoms with van der Waals surface area (Å²) in [6.07, 6.45) is 1.71. The molecule has 3 N–H and O–H groups in total. The number of aliphatic imine (C=N–C) groups is 1. The van der Waals surface area contributed by atoms with Gasteiger partial charge in [-0.15, -0.1) is 11.3 Å². The Kier molecular flexibility index (Phi) is 5.47. The molecular weight excluding hydrogens is 422 g/mol. The van der Waals surface area contributed by atoms with Crippen LogP contribution in [-0.4, -0.2) is 53.3 Å². The molecule has 30 heavy (non-hydrogen) atoms. The minimum Gasteiger partial charge on any atom is -0.465 e. The Hall–Kier alpha value is -2.93. The zero-order valence-corrected chi connectivity index (χ0v) is 16.6. The fourth-order valence-corrected chi connectivity index (χ4v) is 4.35. The molecule has 2 aromatic rings. The number of hydrogen-bond acceptors (Lipinski definition) is 10. The lowest BCUT2D eigenvalue weighted by Gasteiger charge is -2.41. The molecule has 2 aromatic heterocycles. The normalized spacial score (nSPS) is 23.3. The molecule has 0 aliphatic carbocycles. The number of amidine groups is 1. The van der Waals surface area contributed by atoms with Crippen molar-refractivity contribution in [1.29, 1.82) is 0 Å². The van der Waals surface area contributed by atoms with E-state index in [9.17, 15) is 13.6 Å². The lowest BCUT2D eigenvalue weighted by molar-refractivity contribution is -0.0531. The van der Waals surface area contributed by atoms with E-state index in [0.717, 1.165) is 12.6 Å². The second kappa shape index (κ2) is 8.07. The Morgan fingerprint density at radius 1 is 1.47 bits per heavy atom. The molecule has 0 radical (unpaired) electrons. The van der Waals surface area contributed by atoms with Crippen molar-refractivity contribution < 1.29 is 27.8 Å². The van der Waals surface area contributed by atoms with Crippen LogP contribution >= 0.6 is 11.3 Å². The summed E-state index contributed by atoms with van der Waals surface area (Å²) in [5.74, 6) is -0.589. The van der Waals surface area contributed by atoms with Crippen LogP contribution in [-0.2, 0) is 15.0 Å². The molecule has 0 bridgehead atoms.